The first-order valence-electron chi connectivity index (χ1n) is 8.45. The Labute approximate surface area is 187 Å². The largest absolute Gasteiger partial charge is 0.324 e. The quantitative estimate of drug-likeness (QED) is 0.402. The van der Waals surface area contributed by atoms with Gasteiger partial charge in [0.05, 0.1) is 16.5 Å². The molecule has 3 rings (SSSR count). The van der Waals surface area contributed by atoms with Crippen LogP contribution in [0.1, 0.15) is 10.4 Å². The fourth-order valence-corrected chi connectivity index (χ4v) is 3.74. The summed E-state index contributed by atoms with van der Waals surface area (Å²) in [5.74, 6) is -0.211. The van der Waals surface area contributed by atoms with Crippen LogP contribution in [0.5, 0.6) is 0 Å². The Morgan fingerprint density at radius 3 is 2.24 bits per heavy atom. The third kappa shape index (κ3) is 6.41. The second-order valence-electron chi connectivity index (χ2n) is 5.95. The van der Waals surface area contributed by atoms with Gasteiger partial charge in [0.2, 0.25) is 5.91 Å². The summed E-state index contributed by atoms with van der Waals surface area (Å²) in [5.41, 5.74) is 1.64. The minimum atomic E-state index is -0.243. The Hall–Kier alpha value is -2.18. The first-order chi connectivity index (χ1) is 13.9. The number of thioether (sulfide) groups is 1. The lowest BCUT2D eigenvalue weighted by Gasteiger charge is -2.08. The summed E-state index contributed by atoms with van der Waals surface area (Å²) in [6, 6.07) is 18.8. The summed E-state index contributed by atoms with van der Waals surface area (Å²) in [7, 11) is 0. The van der Waals surface area contributed by atoms with E-state index in [0.717, 1.165) is 4.90 Å². The Balaban J connectivity index is 1.52. The van der Waals surface area contributed by atoms with Crippen LogP contribution in [0.4, 0.5) is 11.4 Å². The fourth-order valence-electron chi connectivity index (χ4n) is 2.39. The summed E-state index contributed by atoms with van der Waals surface area (Å²) in [6.07, 6.45) is 0. The molecule has 4 nitrogen and oxygen atoms in total. The van der Waals surface area contributed by atoms with Crippen molar-refractivity contribution in [1.82, 2.24) is 0 Å². The molecule has 0 aliphatic carbocycles. The molecule has 0 spiro atoms. The molecule has 0 saturated heterocycles. The number of amides is 2. The van der Waals surface area contributed by atoms with E-state index in [1.54, 1.807) is 54.6 Å². The van der Waals surface area contributed by atoms with Gasteiger partial charge in [-0.05, 0) is 60.7 Å². The van der Waals surface area contributed by atoms with Crippen molar-refractivity contribution in [1.29, 1.82) is 0 Å². The van der Waals surface area contributed by atoms with E-state index in [4.69, 9.17) is 34.8 Å². The first-order valence-corrected chi connectivity index (χ1v) is 10.6. The molecule has 0 unspecified atom stereocenters. The number of hydrogen-bond acceptors (Lipinski definition) is 3. The Bertz CT molecular complexity index is 1040. The highest BCUT2D eigenvalue weighted by atomic mass is 35.5. The van der Waals surface area contributed by atoms with Gasteiger partial charge in [-0.15, -0.1) is 11.8 Å². The Kier molecular flexibility index (Phi) is 7.45. The molecule has 29 heavy (non-hydrogen) atoms. The molecular weight excluding hydrogens is 451 g/mol. The van der Waals surface area contributed by atoms with Crippen LogP contribution in [-0.4, -0.2) is 17.6 Å². The van der Waals surface area contributed by atoms with Gasteiger partial charge in [-0.3, -0.25) is 9.59 Å². The second kappa shape index (κ2) is 10.0. The van der Waals surface area contributed by atoms with Crippen LogP contribution >= 0.6 is 46.6 Å². The molecule has 3 aromatic rings. The van der Waals surface area contributed by atoms with Gasteiger partial charge in [0, 0.05) is 26.2 Å². The minimum Gasteiger partial charge on any atom is -0.324 e. The summed E-state index contributed by atoms with van der Waals surface area (Å²) in [4.78, 5) is 25.3. The maximum Gasteiger partial charge on any atom is 0.255 e. The highest BCUT2D eigenvalue weighted by Gasteiger charge is 2.09. The van der Waals surface area contributed by atoms with Crippen molar-refractivity contribution in [3.05, 3.63) is 87.4 Å². The van der Waals surface area contributed by atoms with E-state index < -0.39 is 0 Å². The second-order valence-corrected chi connectivity index (χ2v) is 8.28. The van der Waals surface area contributed by atoms with Gasteiger partial charge in [0.15, 0.2) is 0 Å². The number of halogens is 3. The molecule has 148 valence electrons. The van der Waals surface area contributed by atoms with Crippen LogP contribution in [0, 0.1) is 0 Å². The molecule has 3 aromatic carbocycles. The van der Waals surface area contributed by atoms with Crippen molar-refractivity contribution < 1.29 is 9.59 Å². The van der Waals surface area contributed by atoms with Crippen molar-refractivity contribution in [2.24, 2.45) is 0 Å². The van der Waals surface area contributed by atoms with Crippen molar-refractivity contribution >= 4 is 69.8 Å². The number of hydrogen-bond donors (Lipinski definition) is 2. The van der Waals surface area contributed by atoms with E-state index in [1.165, 1.54) is 11.8 Å². The molecule has 0 aliphatic heterocycles. The van der Waals surface area contributed by atoms with E-state index in [2.05, 4.69) is 10.6 Å². The van der Waals surface area contributed by atoms with E-state index in [-0.39, 0.29) is 17.6 Å². The van der Waals surface area contributed by atoms with E-state index in [9.17, 15) is 9.59 Å². The number of anilines is 2. The van der Waals surface area contributed by atoms with E-state index >= 15 is 0 Å². The number of nitrogens with one attached hydrogen (secondary N) is 2. The lowest BCUT2D eigenvalue weighted by molar-refractivity contribution is -0.113. The summed E-state index contributed by atoms with van der Waals surface area (Å²) in [5, 5.41) is 6.95. The van der Waals surface area contributed by atoms with Crippen molar-refractivity contribution in [2.45, 2.75) is 4.90 Å². The molecule has 0 heterocycles. The molecule has 0 aliphatic rings. The van der Waals surface area contributed by atoms with Crippen molar-refractivity contribution in [3.63, 3.8) is 0 Å². The highest BCUT2D eigenvalue weighted by molar-refractivity contribution is 8.00. The van der Waals surface area contributed by atoms with Crippen LogP contribution < -0.4 is 10.6 Å². The van der Waals surface area contributed by atoms with E-state index in [0.29, 0.717) is 32.0 Å². The minimum absolute atomic E-state index is 0.183. The molecule has 8 heteroatoms. The molecule has 2 amide bonds. The standard InChI is InChI=1S/C21H15Cl3N2O2S/c22-14-3-1-2-13(10-14)21(28)25-16-5-7-17(8-6-16)29-12-20(27)26-19-9-4-15(23)11-18(19)24/h1-11H,12H2,(H,25,28)(H,26,27). The first kappa shape index (κ1) is 21.5. The predicted molar refractivity (Wildman–Crippen MR) is 122 cm³/mol. The van der Waals surface area contributed by atoms with Gasteiger partial charge in [0.25, 0.3) is 5.91 Å². The number of benzene rings is 3. The van der Waals surface area contributed by atoms with Gasteiger partial charge in [0.1, 0.15) is 0 Å². The topological polar surface area (TPSA) is 58.2 Å². The zero-order valence-electron chi connectivity index (χ0n) is 14.9. The lowest BCUT2D eigenvalue weighted by atomic mass is 10.2. The molecule has 0 atom stereocenters. The molecular formula is C21H15Cl3N2O2S. The molecule has 0 bridgehead atoms. The van der Waals surface area contributed by atoms with Gasteiger partial charge >= 0.3 is 0 Å². The van der Waals surface area contributed by atoms with E-state index in [1.807, 2.05) is 12.1 Å². The van der Waals surface area contributed by atoms with Crippen LogP contribution in [0.3, 0.4) is 0 Å². The lowest BCUT2D eigenvalue weighted by Crippen LogP contribution is -2.14. The van der Waals surface area contributed by atoms with Crippen LogP contribution in [-0.2, 0) is 4.79 Å². The van der Waals surface area contributed by atoms with Crippen LogP contribution in [0.15, 0.2) is 71.6 Å². The van der Waals surface area contributed by atoms with Crippen molar-refractivity contribution in [3.8, 4) is 0 Å². The Morgan fingerprint density at radius 2 is 1.55 bits per heavy atom. The van der Waals surface area contributed by atoms with Gasteiger partial charge < -0.3 is 10.6 Å². The zero-order valence-corrected chi connectivity index (χ0v) is 18.0. The normalized spacial score (nSPS) is 10.4. The third-order valence-electron chi connectivity index (χ3n) is 3.77. The number of carbonyl (C=O) groups is 2. The number of carbonyl (C=O) groups excluding carboxylic acids is 2. The number of rotatable bonds is 6. The van der Waals surface area contributed by atoms with Crippen LogP contribution in [0.25, 0.3) is 0 Å². The van der Waals surface area contributed by atoms with Gasteiger partial charge in [-0.1, -0.05) is 40.9 Å². The molecule has 0 saturated carbocycles. The maximum atomic E-state index is 12.2. The molecule has 0 fully saturated rings. The molecule has 2 N–H and O–H groups in total. The SMILES string of the molecule is O=C(CSc1ccc(NC(=O)c2cccc(Cl)c2)cc1)Nc1ccc(Cl)cc1Cl. The maximum absolute atomic E-state index is 12.2. The van der Waals surface area contributed by atoms with Gasteiger partial charge in [-0.2, -0.15) is 0 Å². The summed E-state index contributed by atoms with van der Waals surface area (Å²) < 4.78 is 0. The molecule has 0 radical (unpaired) electrons. The zero-order chi connectivity index (χ0) is 20.8. The van der Waals surface area contributed by atoms with Crippen LogP contribution in [0.2, 0.25) is 15.1 Å². The summed E-state index contributed by atoms with van der Waals surface area (Å²) >= 11 is 19.2. The van der Waals surface area contributed by atoms with Crippen molar-refractivity contribution in [2.75, 3.05) is 16.4 Å². The third-order valence-corrected chi connectivity index (χ3v) is 5.57. The monoisotopic (exact) mass is 464 g/mol. The fraction of sp³-hybridized carbons (Fsp3) is 0.0476. The summed E-state index contributed by atoms with van der Waals surface area (Å²) in [6.45, 7) is 0. The van der Waals surface area contributed by atoms with Gasteiger partial charge in [-0.25, -0.2) is 0 Å². The Morgan fingerprint density at radius 1 is 0.828 bits per heavy atom. The smallest absolute Gasteiger partial charge is 0.255 e. The predicted octanol–water partition coefficient (Wildman–Crippen LogP) is 6.63. The molecule has 0 aromatic heterocycles. The average Bonchev–Trinajstić information content (AvgIpc) is 2.69. The average molecular weight is 466 g/mol. The highest BCUT2D eigenvalue weighted by Crippen LogP contribution is 2.26.